The van der Waals surface area contributed by atoms with Gasteiger partial charge in [0.15, 0.2) is 0 Å². The van der Waals surface area contributed by atoms with Gasteiger partial charge >= 0.3 is 0 Å². The van der Waals surface area contributed by atoms with Crippen LogP contribution in [0.25, 0.3) is 10.9 Å². The third kappa shape index (κ3) is 3.52. The molecule has 0 bridgehead atoms. The van der Waals surface area contributed by atoms with Gasteiger partial charge in [0.1, 0.15) is 0 Å². The van der Waals surface area contributed by atoms with Gasteiger partial charge in [0.05, 0.1) is 11.6 Å². The minimum atomic E-state index is 0.244. The number of ether oxygens (including phenoxy) is 1. The first-order chi connectivity index (χ1) is 9.24. The predicted octanol–water partition coefficient (Wildman–Crippen LogP) is 3.31. The quantitative estimate of drug-likeness (QED) is 0.863. The van der Waals surface area contributed by atoms with E-state index in [2.05, 4.69) is 48.4 Å². The average Bonchev–Trinajstić information content (AvgIpc) is 2.46. The van der Waals surface area contributed by atoms with Gasteiger partial charge in [-0.1, -0.05) is 19.1 Å². The monoisotopic (exact) mass is 258 g/mol. The molecule has 3 heteroatoms. The van der Waals surface area contributed by atoms with E-state index in [0.29, 0.717) is 6.04 Å². The second kappa shape index (κ2) is 6.64. The molecule has 0 aliphatic carbocycles. The number of hydrogen-bond donors (Lipinski definition) is 1. The van der Waals surface area contributed by atoms with Crippen LogP contribution in [0.1, 0.15) is 31.9 Å². The van der Waals surface area contributed by atoms with Crippen molar-refractivity contribution in [3.8, 4) is 0 Å². The van der Waals surface area contributed by atoms with Crippen LogP contribution in [0.4, 0.5) is 0 Å². The Hall–Kier alpha value is -1.45. The summed E-state index contributed by atoms with van der Waals surface area (Å²) in [5, 5.41) is 4.72. The molecule has 2 unspecified atom stereocenters. The minimum absolute atomic E-state index is 0.244. The molecule has 1 aromatic heterocycles. The summed E-state index contributed by atoms with van der Waals surface area (Å²) in [5.74, 6) is 0. The van der Waals surface area contributed by atoms with E-state index >= 15 is 0 Å². The summed E-state index contributed by atoms with van der Waals surface area (Å²) in [6.07, 6.45) is 3.04. The van der Waals surface area contributed by atoms with Crippen LogP contribution in [-0.4, -0.2) is 24.7 Å². The lowest BCUT2D eigenvalue weighted by molar-refractivity contribution is 0.101. The number of nitrogens with zero attached hydrogens (tertiary/aromatic N) is 1. The van der Waals surface area contributed by atoms with Gasteiger partial charge in [-0.05, 0) is 43.7 Å². The molecule has 19 heavy (non-hydrogen) atoms. The maximum absolute atomic E-state index is 5.38. The van der Waals surface area contributed by atoms with Crippen molar-refractivity contribution in [2.45, 2.75) is 32.4 Å². The standard InChI is InChI=1S/C16H22N2O/c1-4-17-16(10-12(2)19-3)14-7-8-15-13(11-14)6-5-9-18-15/h5-9,11-12,16-17H,4,10H2,1-3H3. The van der Waals surface area contributed by atoms with Gasteiger partial charge in [-0.2, -0.15) is 0 Å². The van der Waals surface area contributed by atoms with Crippen molar-refractivity contribution in [1.29, 1.82) is 0 Å². The fourth-order valence-corrected chi connectivity index (χ4v) is 2.32. The molecule has 0 fully saturated rings. The van der Waals surface area contributed by atoms with Crippen molar-refractivity contribution in [3.05, 3.63) is 42.1 Å². The van der Waals surface area contributed by atoms with Gasteiger partial charge in [-0.15, -0.1) is 0 Å². The summed E-state index contributed by atoms with van der Waals surface area (Å²) >= 11 is 0. The van der Waals surface area contributed by atoms with Crippen LogP contribution in [0.15, 0.2) is 36.5 Å². The molecular formula is C16H22N2O. The largest absolute Gasteiger partial charge is 0.382 e. The van der Waals surface area contributed by atoms with Gasteiger partial charge in [-0.25, -0.2) is 0 Å². The van der Waals surface area contributed by atoms with E-state index in [1.165, 1.54) is 10.9 Å². The zero-order chi connectivity index (χ0) is 13.7. The molecule has 0 spiro atoms. The van der Waals surface area contributed by atoms with Crippen LogP contribution in [0.3, 0.4) is 0 Å². The lowest BCUT2D eigenvalue weighted by Crippen LogP contribution is -2.25. The number of fused-ring (bicyclic) bond motifs is 1. The van der Waals surface area contributed by atoms with Crippen molar-refractivity contribution in [2.24, 2.45) is 0 Å². The van der Waals surface area contributed by atoms with Gasteiger partial charge < -0.3 is 10.1 Å². The number of nitrogens with one attached hydrogen (secondary N) is 1. The topological polar surface area (TPSA) is 34.1 Å². The van der Waals surface area contributed by atoms with Crippen molar-refractivity contribution in [2.75, 3.05) is 13.7 Å². The molecule has 0 aliphatic rings. The molecule has 3 nitrogen and oxygen atoms in total. The first kappa shape index (κ1) is 14.0. The van der Waals surface area contributed by atoms with E-state index < -0.39 is 0 Å². The molecule has 0 aliphatic heterocycles. The second-order valence-electron chi connectivity index (χ2n) is 4.85. The Morgan fingerprint density at radius 3 is 2.89 bits per heavy atom. The van der Waals surface area contributed by atoms with Gasteiger partial charge in [-0.3, -0.25) is 4.98 Å². The van der Waals surface area contributed by atoms with Crippen LogP contribution in [-0.2, 0) is 4.74 Å². The van der Waals surface area contributed by atoms with Crippen LogP contribution in [0.5, 0.6) is 0 Å². The van der Waals surface area contributed by atoms with Crippen molar-refractivity contribution >= 4 is 10.9 Å². The first-order valence-electron chi connectivity index (χ1n) is 6.85. The molecule has 0 saturated heterocycles. The Labute approximate surface area is 115 Å². The summed E-state index contributed by atoms with van der Waals surface area (Å²) in [6.45, 7) is 5.19. The molecule has 1 aromatic carbocycles. The van der Waals surface area contributed by atoms with Crippen LogP contribution >= 0.6 is 0 Å². The van der Waals surface area contributed by atoms with Crippen molar-refractivity contribution in [1.82, 2.24) is 10.3 Å². The highest BCUT2D eigenvalue weighted by molar-refractivity contribution is 5.79. The highest BCUT2D eigenvalue weighted by atomic mass is 16.5. The minimum Gasteiger partial charge on any atom is -0.382 e. The number of methoxy groups -OCH3 is 1. The second-order valence-corrected chi connectivity index (χ2v) is 4.85. The molecule has 2 rings (SSSR count). The highest BCUT2D eigenvalue weighted by Crippen LogP contribution is 2.23. The average molecular weight is 258 g/mol. The third-order valence-corrected chi connectivity index (χ3v) is 3.45. The fourth-order valence-electron chi connectivity index (χ4n) is 2.32. The van der Waals surface area contributed by atoms with E-state index in [1.807, 2.05) is 12.3 Å². The molecule has 1 heterocycles. The van der Waals surface area contributed by atoms with Gasteiger partial charge in [0, 0.05) is 24.7 Å². The number of hydrogen-bond acceptors (Lipinski definition) is 3. The highest BCUT2D eigenvalue weighted by Gasteiger charge is 2.14. The van der Waals surface area contributed by atoms with Crippen molar-refractivity contribution < 1.29 is 4.74 Å². The number of pyridine rings is 1. The third-order valence-electron chi connectivity index (χ3n) is 3.45. The normalized spacial score (nSPS) is 14.5. The lowest BCUT2D eigenvalue weighted by Gasteiger charge is -2.22. The number of rotatable bonds is 6. The summed E-state index contributed by atoms with van der Waals surface area (Å²) < 4.78 is 5.38. The first-order valence-corrected chi connectivity index (χ1v) is 6.85. The Bertz CT molecular complexity index is 527. The SMILES string of the molecule is CCNC(CC(C)OC)c1ccc2ncccc2c1. The van der Waals surface area contributed by atoms with E-state index in [4.69, 9.17) is 4.74 Å². The zero-order valence-corrected chi connectivity index (χ0v) is 11.9. The molecular weight excluding hydrogens is 236 g/mol. The van der Waals surface area contributed by atoms with E-state index in [-0.39, 0.29) is 6.10 Å². The van der Waals surface area contributed by atoms with E-state index in [1.54, 1.807) is 7.11 Å². The molecule has 1 N–H and O–H groups in total. The van der Waals surface area contributed by atoms with E-state index in [9.17, 15) is 0 Å². The summed E-state index contributed by atoms with van der Waals surface area (Å²) in [6, 6.07) is 10.9. The summed E-state index contributed by atoms with van der Waals surface area (Å²) in [5.41, 5.74) is 2.34. The Balaban J connectivity index is 2.27. The lowest BCUT2D eigenvalue weighted by atomic mass is 9.99. The van der Waals surface area contributed by atoms with Gasteiger partial charge in [0.25, 0.3) is 0 Å². The van der Waals surface area contributed by atoms with Crippen LogP contribution in [0.2, 0.25) is 0 Å². The van der Waals surface area contributed by atoms with Gasteiger partial charge in [0.2, 0.25) is 0 Å². The van der Waals surface area contributed by atoms with Crippen LogP contribution < -0.4 is 5.32 Å². The molecule has 0 saturated carbocycles. The maximum Gasteiger partial charge on any atom is 0.0702 e. The number of benzene rings is 1. The van der Waals surface area contributed by atoms with Crippen molar-refractivity contribution in [3.63, 3.8) is 0 Å². The molecule has 0 amide bonds. The van der Waals surface area contributed by atoms with E-state index in [0.717, 1.165) is 18.5 Å². The maximum atomic E-state index is 5.38. The van der Waals surface area contributed by atoms with Crippen LogP contribution in [0, 0.1) is 0 Å². The predicted molar refractivity (Wildman–Crippen MR) is 79.2 cm³/mol. The Morgan fingerprint density at radius 2 is 2.16 bits per heavy atom. The fraction of sp³-hybridized carbons (Fsp3) is 0.438. The molecule has 2 atom stereocenters. The molecule has 0 radical (unpaired) electrons. The smallest absolute Gasteiger partial charge is 0.0702 e. The Kier molecular flexibility index (Phi) is 4.88. The molecule has 102 valence electrons. The Morgan fingerprint density at radius 1 is 1.32 bits per heavy atom. The number of aromatic nitrogens is 1. The molecule has 2 aromatic rings. The summed E-state index contributed by atoms with van der Waals surface area (Å²) in [4.78, 5) is 4.36. The summed E-state index contributed by atoms with van der Waals surface area (Å²) in [7, 11) is 1.76. The zero-order valence-electron chi connectivity index (χ0n) is 11.9.